The number of aromatic amines is 1. The van der Waals surface area contributed by atoms with Crippen LogP contribution in [0.5, 0.6) is 0 Å². The molecule has 0 aliphatic carbocycles. The summed E-state index contributed by atoms with van der Waals surface area (Å²) in [6.45, 7) is 1.68. The first-order valence-electron chi connectivity index (χ1n) is 7.09. The smallest absolute Gasteiger partial charge is 0.269 e. The summed E-state index contributed by atoms with van der Waals surface area (Å²) >= 11 is 2.47. The standard InChI is InChI=1S/C15H12N4O4S2/c1-8-6-9(19(22)23)2-3-11(8)16-12(20)7-25-15-17-13(21)10-4-5-24-14(10)18-15/h2-6H,7H2,1H3,(H,16,20)(H,17,18,21). The van der Waals surface area contributed by atoms with Crippen molar-refractivity contribution in [2.45, 2.75) is 12.1 Å². The summed E-state index contributed by atoms with van der Waals surface area (Å²) in [7, 11) is 0. The number of H-pyrrole nitrogens is 1. The second-order valence-electron chi connectivity index (χ2n) is 5.10. The van der Waals surface area contributed by atoms with E-state index in [2.05, 4.69) is 15.3 Å². The number of thiophene rings is 1. The number of aryl methyl sites for hydroxylation is 1. The lowest BCUT2D eigenvalue weighted by Gasteiger charge is -2.08. The molecule has 2 N–H and O–H groups in total. The number of amides is 1. The van der Waals surface area contributed by atoms with Crippen LogP contribution in [0.25, 0.3) is 10.2 Å². The third kappa shape index (κ3) is 3.86. The minimum Gasteiger partial charge on any atom is -0.325 e. The molecule has 128 valence electrons. The van der Waals surface area contributed by atoms with Crippen LogP contribution in [-0.4, -0.2) is 26.6 Å². The fourth-order valence-electron chi connectivity index (χ4n) is 2.14. The van der Waals surface area contributed by atoms with E-state index in [1.54, 1.807) is 18.4 Å². The highest BCUT2D eigenvalue weighted by Crippen LogP contribution is 2.22. The molecule has 0 fully saturated rings. The van der Waals surface area contributed by atoms with E-state index in [0.29, 0.717) is 26.6 Å². The number of anilines is 1. The van der Waals surface area contributed by atoms with Crippen molar-refractivity contribution in [3.05, 3.63) is 55.7 Å². The van der Waals surface area contributed by atoms with Gasteiger partial charge in [-0.3, -0.25) is 19.7 Å². The molecule has 3 aromatic rings. The number of nitrogens with zero attached hydrogens (tertiary/aromatic N) is 2. The van der Waals surface area contributed by atoms with Gasteiger partial charge >= 0.3 is 0 Å². The zero-order valence-corrected chi connectivity index (χ0v) is 14.6. The van der Waals surface area contributed by atoms with Gasteiger partial charge in [0.15, 0.2) is 5.16 Å². The van der Waals surface area contributed by atoms with Gasteiger partial charge in [0.25, 0.3) is 11.2 Å². The summed E-state index contributed by atoms with van der Waals surface area (Å²) in [5, 5.41) is 16.1. The number of nitro groups is 1. The molecule has 0 aliphatic heterocycles. The van der Waals surface area contributed by atoms with E-state index in [1.165, 1.54) is 29.5 Å². The molecule has 2 aromatic heterocycles. The Morgan fingerprint density at radius 2 is 2.24 bits per heavy atom. The number of non-ortho nitro benzene ring substituents is 1. The van der Waals surface area contributed by atoms with Crippen LogP contribution >= 0.6 is 23.1 Å². The average Bonchev–Trinajstić information content (AvgIpc) is 3.04. The number of hydrogen-bond acceptors (Lipinski definition) is 7. The number of aromatic nitrogens is 2. The van der Waals surface area contributed by atoms with Gasteiger partial charge in [0.05, 0.1) is 16.1 Å². The van der Waals surface area contributed by atoms with Crippen molar-refractivity contribution >= 4 is 50.6 Å². The lowest BCUT2D eigenvalue weighted by atomic mass is 10.2. The van der Waals surface area contributed by atoms with Crippen LogP contribution < -0.4 is 10.9 Å². The number of hydrogen-bond donors (Lipinski definition) is 2. The molecule has 0 saturated carbocycles. The Morgan fingerprint density at radius 1 is 1.44 bits per heavy atom. The Labute approximate surface area is 149 Å². The molecule has 2 heterocycles. The maximum absolute atomic E-state index is 12.1. The number of fused-ring (bicyclic) bond motifs is 1. The summed E-state index contributed by atoms with van der Waals surface area (Å²) in [6.07, 6.45) is 0. The van der Waals surface area contributed by atoms with Crippen molar-refractivity contribution in [3.8, 4) is 0 Å². The van der Waals surface area contributed by atoms with Gasteiger partial charge in [0, 0.05) is 17.8 Å². The van der Waals surface area contributed by atoms with Gasteiger partial charge in [-0.2, -0.15) is 0 Å². The van der Waals surface area contributed by atoms with Crippen LogP contribution in [0.1, 0.15) is 5.56 Å². The monoisotopic (exact) mass is 376 g/mol. The van der Waals surface area contributed by atoms with Gasteiger partial charge in [-0.1, -0.05) is 11.8 Å². The Balaban J connectivity index is 1.66. The number of carbonyl (C=O) groups excluding carboxylic acids is 1. The van der Waals surface area contributed by atoms with Crippen LogP contribution in [0, 0.1) is 17.0 Å². The highest BCUT2D eigenvalue weighted by atomic mass is 32.2. The first-order chi connectivity index (χ1) is 11.9. The fraction of sp³-hybridized carbons (Fsp3) is 0.133. The number of benzene rings is 1. The van der Waals surface area contributed by atoms with E-state index in [9.17, 15) is 19.7 Å². The molecule has 0 unspecified atom stereocenters. The minimum atomic E-state index is -0.489. The topological polar surface area (TPSA) is 118 Å². The summed E-state index contributed by atoms with van der Waals surface area (Å²) < 4.78 is 0. The SMILES string of the molecule is Cc1cc([N+](=O)[O-])ccc1NC(=O)CSc1nc2sccc2c(=O)[nH]1. The summed E-state index contributed by atoms with van der Waals surface area (Å²) in [4.78, 5) is 41.7. The molecule has 25 heavy (non-hydrogen) atoms. The van der Waals surface area contributed by atoms with Crippen molar-refractivity contribution in [2.24, 2.45) is 0 Å². The lowest BCUT2D eigenvalue weighted by molar-refractivity contribution is -0.384. The Morgan fingerprint density at radius 3 is 2.96 bits per heavy atom. The molecule has 0 spiro atoms. The van der Waals surface area contributed by atoms with Gasteiger partial charge in [0.1, 0.15) is 4.83 Å². The van der Waals surface area contributed by atoms with E-state index < -0.39 is 4.92 Å². The fourth-order valence-corrected chi connectivity index (χ4v) is 3.62. The van der Waals surface area contributed by atoms with E-state index in [0.717, 1.165) is 11.8 Å². The lowest BCUT2D eigenvalue weighted by Crippen LogP contribution is -2.16. The zero-order valence-electron chi connectivity index (χ0n) is 12.9. The van der Waals surface area contributed by atoms with Crippen LogP contribution in [-0.2, 0) is 4.79 Å². The minimum absolute atomic E-state index is 0.0316. The van der Waals surface area contributed by atoms with Gasteiger partial charge in [-0.25, -0.2) is 4.98 Å². The predicted octanol–water partition coefficient (Wildman–Crippen LogP) is 2.93. The molecular weight excluding hydrogens is 364 g/mol. The molecule has 0 bridgehead atoms. The van der Waals surface area contributed by atoms with Gasteiger partial charge in [-0.15, -0.1) is 11.3 Å². The van der Waals surface area contributed by atoms with Crippen LogP contribution in [0.15, 0.2) is 39.6 Å². The van der Waals surface area contributed by atoms with Crippen molar-refractivity contribution in [1.82, 2.24) is 9.97 Å². The number of rotatable bonds is 5. The average molecular weight is 376 g/mol. The van der Waals surface area contributed by atoms with Crippen LogP contribution in [0.3, 0.4) is 0 Å². The molecule has 10 heteroatoms. The number of thioether (sulfide) groups is 1. The number of carbonyl (C=O) groups is 1. The van der Waals surface area contributed by atoms with Gasteiger partial charge in [-0.05, 0) is 30.0 Å². The third-order valence-electron chi connectivity index (χ3n) is 3.35. The first kappa shape index (κ1) is 17.1. The highest BCUT2D eigenvalue weighted by Gasteiger charge is 2.12. The van der Waals surface area contributed by atoms with Crippen molar-refractivity contribution < 1.29 is 9.72 Å². The zero-order chi connectivity index (χ0) is 18.0. The Kier molecular flexibility index (Phi) is 4.81. The summed E-state index contributed by atoms with van der Waals surface area (Å²) in [5.74, 6) is -0.244. The summed E-state index contributed by atoms with van der Waals surface area (Å²) in [5.41, 5.74) is 0.835. The number of nitro benzene ring substituents is 1. The van der Waals surface area contributed by atoms with Gasteiger partial charge < -0.3 is 10.3 Å². The maximum Gasteiger partial charge on any atom is 0.269 e. The predicted molar refractivity (Wildman–Crippen MR) is 97.4 cm³/mol. The normalized spacial score (nSPS) is 10.8. The molecular formula is C15H12N4O4S2. The Bertz CT molecular complexity index is 1030. The molecule has 0 radical (unpaired) electrons. The Hall–Kier alpha value is -2.72. The molecule has 1 amide bonds. The second kappa shape index (κ2) is 7.03. The van der Waals surface area contributed by atoms with E-state index in [-0.39, 0.29) is 22.9 Å². The third-order valence-corrected chi connectivity index (χ3v) is 5.03. The summed E-state index contributed by atoms with van der Waals surface area (Å²) in [6, 6.07) is 5.92. The molecule has 1 aromatic carbocycles. The van der Waals surface area contributed by atoms with E-state index in [4.69, 9.17) is 0 Å². The second-order valence-corrected chi connectivity index (χ2v) is 6.96. The van der Waals surface area contributed by atoms with Gasteiger partial charge in [0.2, 0.25) is 5.91 Å². The van der Waals surface area contributed by atoms with Crippen molar-refractivity contribution in [1.29, 1.82) is 0 Å². The molecule has 0 saturated heterocycles. The highest BCUT2D eigenvalue weighted by molar-refractivity contribution is 7.99. The van der Waals surface area contributed by atoms with Crippen molar-refractivity contribution in [2.75, 3.05) is 11.1 Å². The molecule has 8 nitrogen and oxygen atoms in total. The van der Waals surface area contributed by atoms with Crippen molar-refractivity contribution in [3.63, 3.8) is 0 Å². The molecule has 3 rings (SSSR count). The van der Waals surface area contributed by atoms with Crippen LogP contribution in [0.2, 0.25) is 0 Å². The van der Waals surface area contributed by atoms with E-state index in [1.807, 2.05) is 0 Å². The largest absolute Gasteiger partial charge is 0.325 e. The maximum atomic E-state index is 12.1. The molecule has 0 aliphatic rings. The van der Waals surface area contributed by atoms with E-state index >= 15 is 0 Å². The quantitative estimate of drug-likeness (QED) is 0.306. The number of nitrogens with one attached hydrogen (secondary N) is 2. The molecule has 0 atom stereocenters. The van der Waals surface area contributed by atoms with Crippen LogP contribution in [0.4, 0.5) is 11.4 Å². The first-order valence-corrected chi connectivity index (χ1v) is 8.96.